The maximum absolute atomic E-state index is 4.36. The van der Waals surface area contributed by atoms with Crippen LogP contribution in [-0.2, 0) is 0 Å². The molecule has 0 saturated heterocycles. The van der Waals surface area contributed by atoms with Gasteiger partial charge in [0.1, 0.15) is 16.6 Å². The average Bonchev–Trinajstić information content (AvgIpc) is 2.41. The van der Waals surface area contributed by atoms with E-state index in [9.17, 15) is 0 Å². The van der Waals surface area contributed by atoms with Crippen LogP contribution in [0.25, 0.3) is 0 Å². The van der Waals surface area contributed by atoms with E-state index in [-0.39, 0.29) is 0 Å². The number of nitrogens with one attached hydrogen (secondary N) is 1. The van der Waals surface area contributed by atoms with Gasteiger partial charge in [-0.1, -0.05) is 12.1 Å². The van der Waals surface area contributed by atoms with Gasteiger partial charge in [-0.05, 0) is 47.5 Å². The van der Waals surface area contributed by atoms with Crippen LogP contribution in [0.1, 0.15) is 12.5 Å². The predicted octanol–water partition coefficient (Wildman–Crippen LogP) is 3.75. The van der Waals surface area contributed by atoms with Crippen molar-refractivity contribution in [3.05, 3.63) is 40.6 Å². The Labute approximate surface area is 122 Å². The highest BCUT2D eigenvalue weighted by Crippen LogP contribution is 2.32. The van der Waals surface area contributed by atoms with Gasteiger partial charge >= 0.3 is 0 Å². The van der Waals surface area contributed by atoms with Gasteiger partial charge in [0.25, 0.3) is 0 Å². The maximum atomic E-state index is 4.36. The van der Waals surface area contributed by atoms with Crippen LogP contribution >= 0.6 is 15.9 Å². The highest BCUT2D eigenvalue weighted by atomic mass is 79.9. The summed E-state index contributed by atoms with van der Waals surface area (Å²) in [5.41, 5.74) is 2.32. The van der Waals surface area contributed by atoms with E-state index in [1.807, 2.05) is 24.9 Å². The zero-order chi connectivity index (χ0) is 13.8. The van der Waals surface area contributed by atoms with E-state index in [0.717, 1.165) is 28.3 Å². The van der Waals surface area contributed by atoms with E-state index in [1.165, 1.54) is 5.56 Å². The molecule has 4 nitrogen and oxygen atoms in total. The molecule has 0 aliphatic rings. The molecule has 0 aliphatic heterocycles. The molecule has 0 bridgehead atoms. The minimum absolute atomic E-state index is 0.812. The second-order valence-corrected chi connectivity index (χ2v) is 5.08. The highest BCUT2D eigenvalue weighted by molar-refractivity contribution is 9.10. The normalized spacial score (nSPS) is 10.3. The Bertz CT molecular complexity index is 571. The quantitative estimate of drug-likeness (QED) is 0.931. The Hall–Kier alpha value is -1.62. The highest BCUT2D eigenvalue weighted by Gasteiger charge is 2.13. The Balaban J connectivity index is 2.38. The minimum atomic E-state index is 0.812. The first kappa shape index (κ1) is 13.8. The molecule has 2 aromatic rings. The van der Waals surface area contributed by atoms with Gasteiger partial charge in [0.05, 0.1) is 0 Å². The van der Waals surface area contributed by atoms with Crippen LogP contribution in [0.2, 0.25) is 0 Å². The van der Waals surface area contributed by atoms with Crippen LogP contribution in [0.3, 0.4) is 0 Å². The molecule has 0 fully saturated rings. The summed E-state index contributed by atoms with van der Waals surface area (Å²) in [5, 5.41) is 3.21. The van der Waals surface area contributed by atoms with E-state index >= 15 is 0 Å². The minimum Gasteiger partial charge on any atom is -0.369 e. The molecular formula is C14H17BrN4. The fourth-order valence-corrected chi connectivity index (χ4v) is 2.45. The van der Waals surface area contributed by atoms with Crippen LogP contribution in [0, 0.1) is 6.92 Å². The number of benzene rings is 1. The SMILES string of the molecule is CCNc1ncnc(N(C)c2cccc(C)c2)c1Br. The topological polar surface area (TPSA) is 41.1 Å². The third-order valence-electron chi connectivity index (χ3n) is 2.82. The summed E-state index contributed by atoms with van der Waals surface area (Å²) in [7, 11) is 2.00. The molecule has 19 heavy (non-hydrogen) atoms. The van der Waals surface area contributed by atoms with Gasteiger partial charge in [0.2, 0.25) is 0 Å². The number of anilines is 3. The van der Waals surface area contributed by atoms with Crippen molar-refractivity contribution >= 4 is 33.3 Å². The van der Waals surface area contributed by atoms with Gasteiger partial charge in [-0.25, -0.2) is 9.97 Å². The monoisotopic (exact) mass is 320 g/mol. The van der Waals surface area contributed by atoms with Crippen LogP contribution < -0.4 is 10.2 Å². The lowest BCUT2D eigenvalue weighted by atomic mass is 10.2. The summed E-state index contributed by atoms with van der Waals surface area (Å²) in [4.78, 5) is 10.6. The zero-order valence-corrected chi connectivity index (χ0v) is 12.9. The second-order valence-electron chi connectivity index (χ2n) is 4.29. The van der Waals surface area contributed by atoms with E-state index in [2.05, 4.69) is 56.3 Å². The molecule has 5 heteroatoms. The van der Waals surface area contributed by atoms with Gasteiger partial charge in [-0.15, -0.1) is 0 Å². The smallest absolute Gasteiger partial charge is 0.152 e. The lowest BCUT2D eigenvalue weighted by Crippen LogP contribution is -2.13. The number of aromatic nitrogens is 2. The molecule has 0 aliphatic carbocycles. The zero-order valence-electron chi connectivity index (χ0n) is 11.3. The molecule has 0 spiro atoms. The summed E-state index contributed by atoms with van der Waals surface area (Å²) < 4.78 is 0.876. The molecule has 0 saturated carbocycles. The van der Waals surface area contributed by atoms with Gasteiger partial charge in [0, 0.05) is 19.3 Å². The molecule has 1 N–H and O–H groups in total. The number of hydrogen-bond donors (Lipinski definition) is 1. The van der Waals surface area contributed by atoms with Crippen LogP contribution in [0.5, 0.6) is 0 Å². The van der Waals surface area contributed by atoms with Crippen molar-refractivity contribution < 1.29 is 0 Å². The fourth-order valence-electron chi connectivity index (χ4n) is 1.84. The summed E-state index contributed by atoms with van der Waals surface area (Å²) in [6, 6.07) is 8.31. The number of aryl methyl sites for hydroxylation is 1. The summed E-state index contributed by atoms with van der Waals surface area (Å²) >= 11 is 3.57. The van der Waals surface area contributed by atoms with Crippen molar-refractivity contribution in [3.63, 3.8) is 0 Å². The van der Waals surface area contributed by atoms with E-state index in [1.54, 1.807) is 6.33 Å². The Morgan fingerprint density at radius 2 is 2.11 bits per heavy atom. The largest absolute Gasteiger partial charge is 0.369 e. The average molecular weight is 321 g/mol. The lowest BCUT2D eigenvalue weighted by molar-refractivity contribution is 1.05. The third-order valence-corrected chi connectivity index (χ3v) is 3.55. The second kappa shape index (κ2) is 6.02. The van der Waals surface area contributed by atoms with Crippen molar-refractivity contribution in [2.45, 2.75) is 13.8 Å². The summed E-state index contributed by atoms with van der Waals surface area (Å²) in [6.07, 6.45) is 1.57. The molecule has 1 aromatic carbocycles. The third kappa shape index (κ3) is 3.04. The van der Waals surface area contributed by atoms with Gasteiger partial charge in [0.15, 0.2) is 5.82 Å². The summed E-state index contributed by atoms with van der Waals surface area (Å²) in [6.45, 7) is 4.94. The maximum Gasteiger partial charge on any atom is 0.152 e. The number of hydrogen-bond acceptors (Lipinski definition) is 4. The van der Waals surface area contributed by atoms with Crippen LogP contribution in [0.4, 0.5) is 17.3 Å². The number of halogens is 1. The standard InChI is InChI=1S/C14H17BrN4/c1-4-16-13-12(15)14(18-9-17-13)19(3)11-7-5-6-10(2)8-11/h5-9H,4H2,1-3H3,(H,16,17,18). The molecule has 1 aromatic heterocycles. The van der Waals surface area contributed by atoms with Crippen molar-refractivity contribution in [2.75, 3.05) is 23.8 Å². The molecule has 0 unspecified atom stereocenters. The van der Waals surface area contributed by atoms with E-state index < -0.39 is 0 Å². The number of rotatable bonds is 4. The van der Waals surface area contributed by atoms with Gasteiger partial charge in [-0.2, -0.15) is 0 Å². The van der Waals surface area contributed by atoms with Gasteiger partial charge < -0.3 is 10.2 Å². The van der Waals surface area contributed by atoms with Crippen LogP contribution in [-0.4, -0.2) is 23.6 Å². The van der Waals surface area contributed by atoms with Crippen LogP contribution in [0.15, 0.2) is 35.1 Å². The molecule has 2 rings (SSSR count). The molecule has 100 valence electrons. The molecule has 0 atom stereocenters. The van der Waals surface area contributed by atoms with Gasteiger partial charge in [-0.3, -0.25) is 0 Å². The molecule has 0 amide bonds. The van der Waals surface area contributed by atoms with Crippen molar-refractivity contribution in [3.8, 4) is 0 Å². The summed E-state index contributed by atoms with van der Waals surface area (Å²) in [5.74, 6) is 1.66. The Morgan fingerprint density at radius 3 is 2.79 bits per heavy atom. The van der Waals surface area contributed by atoms with E-state index in [4.69, 9.17) is 0 Å². The Morgan fingerprint density at radius 1 is 1.32 bits per heavy atom. The van der Waals surface area contributed by atoms with Crippen molar-refractivity contribution in [2.24, 2.45) is 0 Å². The van der Waals surface area contributed by atoms with E-state index in [0.29, 0.717) is 0 Å². The first-order chi connectivity index (χ1) is 9.13. The fraction of sp³-hybridized carbons (Fsp3) is 0.286. The molecule has 1 heterocycles. The first-order valence-electron chi connectivity index (χ1n) is 6.18. The van der Waals surface area contributed by atoms with Crippen molar-refractivity contribution in [1.82, 2.24) is 9.97 Å². The molecule has 0 radical (unpaired) electrons. The lowest BCUT2D eigenvalue weighted by Gasteiger charge is -2.21. The molecular weight excluding hydrogens is 304 g/mol. The first-order valence-corrected chi connectivity index (χ1v) is 6.97. The predicted molar refractivity (Wildman–Crippen MR) is 83.1 cm³/mol. The Kier molecular flexibility index (Phi) is 4.37. The van der Waals surface area contributed by atoms with Crippen molar-refractivity contribution in [1.29, 1.82) is 0 Å². The number of nitrogens with zero attached hydrogens (tertiary/aromatic N) is 3.